The number of methoxy groups -OCH3 is 1. The smallest absolute Gasteiger partial charge is 0.0613 e. The second-order valence-electron chi connectivity index (χ2n) is 2.05. The molecule has 0 aromatic carbocycles. The van der Waals surface area contributed by atoms with E-state index in [2.05, 4.69) is 18.8 Å². The van der Waals surface area contributed by atoms with Crippen LogP contribution >= 0.6 is 12.4 Å². The Hall–Kier alpha value is -0.0500. The van der Waals surface area contributed by atoms with Crippen LogP contribution in [0.25, 0.3) is 0 Å². The minimum Gasteiger partial charge on any atom is -0.383 e. The first-order valence-electron chi connectivity index (χ1n) is 3.14. The largest absolute Gasteiger partial charge is 0.383 e. The van der Waals surface area contributed by atoms with Crippen LogP contribution in [0.2, 0.25) is 0 Å². The van der Waals surface area contributed by atoms with E-state index in [0.29, 0.717) is 6.04 Å². The number of halogens is 1. The van der Waals surface area contributed by atoms with Gasteiger partial charge in [-0.25, -0.2) is 0 Å². The Kier molecular flexibility index (Phi) is 11.3. The van der Waals surface area contributed by atoms with Crippen LogP contribution < -0.4 is 5.32 Å². The van der Waals surface area contributed by atoms with Gasteiger partial charge in [-0.1, -0.05) is 6.08 Å². The molecule has 0 aliphatic rings. The van der Waals surface area contributed by atoms with Crippen LogP contribution in [-0.2, 0) is 4.74 Å². The molecule has 0 amide bonds. The SMILES string of the molecule is C=CCNC(C)COC.Cl. The van der Waals surface area contributed by atoms with Gasteiger partial charge in [0.15, 0.2) is 0 Å². The van der Waals surface area contributed by atoms with Gasteiger partial charge in [0.1, 0.15) is 0 Å². The average molecular weight is 166 g/mol. The third-order valence-corrected chi connectivity index (χ3v) is 1.03. The number of hydrogen-bond acceptors (Lipinski definition) is 2. The van der Waals surface area contributed by atoms with Gasteiger partial charge in [-0.3, -0.25) is 0 Å². The van der Waals surface area contributed by atoms with Crippen LogP contribution in [0.1, 0.15) is 6.92 Å². The Labute approximate surface area is 69.1 Å². The molecule has 1 unspecified atom stereocenters. The van der Waals surface area contributed by atoms with Gasteiger partial charge in [-0.2, -0.15) is 0 Å². The van der Waals surface area contributed by atoms with Crippen molar-refractivity contribution in [2.24, 2.45) is 0 Å². The summed E-state index contributed by atoms with van der Waals surface area (Å²) < 4.78 is 4.90. The van der Waals surface area contributed by atoms with E-state index >= 15 is 0 Å². The highest BCUT2D eigenvalue weighted by Crippen LogP contribution is 1.79. The maximum atomic E-state index is 4.90. The van der Waals surface area contributed by atoms with Gasteiger partial charge < -0.3 is 10.1 Å². The minimum atomic E-state index is 0. The summed E-state index contributed by atoms with van der Waals surface area (Å²) in [6, 6.07) is 0.424. The highest BCUT2D eigenvalue weighted by Gasteiger charge is 1.95. The van der Waals surface area contributed by atoms with E-state index in [0.717, 1.165) is 13.2 Å². The Balaban J connectivity index is 0. The van der Waals surface area contributed by atoms with Crippen molar-refractivity contribution in [2.45, 2.75) is 13.0 Å². The predicted octanol–water partition coefficient (Wildman–Crippen LogP) is 1.22. The predicted molar refractivity (Wildman–Crippen MR) is 46.8 cm³/mol. The molecule has 1 atom stereocenters. The van der Waals surface area contributed by atoms with Gasteiger partial charge in [0.2, 0.25) is 0 Å². The fourth-order valence-electron chi connectivity index (χ4n) is 0.593. The van der Waals surface area contributed by atoms with E-state index in [4.69, 9.17) is 4.74 Å². The molecule has 0 spiro atoms. The van der Waals surface area contributed by atoms with Crippen molar-refractivity contribution in [1.29, 1.82) is 0 Å². The Morgan fingerprint density at radius 3 is 2.70 bits per heavy atom. The third kappa shape index (κ3) is 7.95. The van der Waals surface area contributed by atoms with Gasteiger partial charge in [-0.15, -0.1) is 19.0 Å². The first-order valence-corrected chi connectivity index (χ1v) is 3.14. The zero-order valence-electron chi connectivity index (χ0n) is 6.59. The lowest BCUT2D eigenvalue weighted by molar-refractivity contribution is 0.174. The summed E-state index contributed by atoms with van der Waals surface area (Å²) in [5, 5.41) is 3.19. The molecule has 62 valence electrons. The van der Waals surface area contributed by atoms with Crippen molar-refractivity contribution in [3.8, 4) is 0 Å². The van der Waals surface area contributed by atoms with Gasteiger partial charge >= 0.3 is 0 Å². The van der Waals surface area contributed by atoms with E-state index in [1.807, 2.05) is 6.08 Å². The summed E-state index contributed by atoms with van der Waals surface area (Å²) >= 11 is 0. The molecule has 0 saturated heterocycles. The number of hydrogen-bond donors (Lipinski definition) is 1. The van der Waals surface area contributed by atoms with E-state index in [1.54, 1.807) is 7.11 Å². The number of nitrogens with one attached hydrogen (secondary N) is 1. The van der Waals surface area contributed by atoms with Gasteiger partial charge in [0, 0.05) is 19.7 Å². The second kappa shape index (κ2) is 8.95. The average Bonchev–Trinajstić information content (AvgIpc) is 1.85. The van der Waals surface area contributed by atoms with Crippen LogP contribution in [0.15, 0.2) is 12.7 Å². The van der Waals surface area contributed by atoms with Crippen LogP contribution in [-0.4, -0.2) is 26.3 Å². The second-order valence-corrected chi connectivity index (χ2v) is 2.05. The fourth-order valence-corrected chi connectivity index (χ4v) is 0.593. The minimum absolute atomic E-state index is 0. The zero-order chi connectivity index (χ0) is 7.11. The first-order chi connectivity index (χ1) is 4.31. The normalized spacial score (nSPS) is 11.8. The molecule has 0 aliphatic carbocycles. The van der Waals surface area contributed by atoms with Crippen LogP contribution in [0.4, 0.5) is 0 Å². The van der Waals surface area contributed by atoms with Gasteiger partial charge in [0.25, 0.3) is 0 Å². The van der Waals surface area contributed by atoms with E-state index in [-0.39, 0.29) is 12.4 Å². The van der Waals surface area contributed by atoms with Crippen LogP contribution in [0, 0.1) is 0 Å². The molecule has 10 heavy (non-hydrogen) atoms. The summed E-state index contributed by atoms with van der Waals surface area (Å²) in [5.41, 5.74) is 0. The zero-order valence-corrected chi connectivity index (χ0v) is 7.41. The van der Waals surface area contributed by atoms with Crippen LogP contribution in [0.5, 0.6) is 0 Å². The van der Waals surface area contributed by atoms with E-state index < -0.39 is 0 Å². The van der Waals surface area contributed by atoms with E-state index in [1.165, 1.54) is 0 Å². The van der Waals surface area contributed by atoms with Gasteiger partial charge in [0.05, 0.1) is 6.61 Å². The van der Waals surface area contributed by atoms with Crippen molar-refractivity contribution >= 4 is 12.4 Å². The molecular weight excluding hydrogens is 150 g/mol. The Bertz CT molecular complexity index is 78.0. The van der Waals surface area contributed by atoms with Crippen molar-refractivity contribution < 1.29 is 4.74 Å². The monoisotopic (exact) mass is 165 g/mol. The molecule has 0 aliphatic heterocycles. The first kappa shape index (κ1) is 12.6. The lowest BCUT2D eigenvalue weighted by atomic mass is 10.3. The molecule has 3 heteroatoms. The summed E-state index contributed by atoms with van der Waals surface area (Å²) in [4.78, 5) is 0. The molecule has 0 rings (SSSR count). The molecule has 2 nitrogen and oxygen atoms in total. The lowest BCUT2D eigenvalue weighted by Crippen LogP contribution is -2.29. The van der Waals surface area contributed by atoms with Crippen molar-refractivity contribution in [1.82, 2.24) is 5.32 Å². The van der Waals surface area contributed by atoms with Crippen molar-refractivity contribution in [3.05, 3.63) is 12.7 Å². The molecule has 0 aromatic rings. The molecule has 0 bridgehead atoms. The number of ether oxygens (including phenoxy) is 1. The van der Waals surface area contributed by atoms with E-state index in [9.17, 15) is 0 Å². The standard InChI is InChI=1S/C7H15NO.ClH/c1-4-5-8-7(2)6-9-3;/h4,7-8H,1,5-6H2,2-3H3;1H. The third-order valence-electron chi connectivity index (χ3n) is 1.03. The van der Waals surface area contributed by atoms with Gasteiger partial charge in [-0.05, 0) is 6.92 Å². The quantitative estimate of drug-likeness (QED) is 0.619. The Morgan fingerprint density at radius 2 is 2.30 bits per heavy atom. The van der Waals surface area contributed by atoms with Crippen molar-refractivity contribution in [3.63, 3.8) is 0 Å². The summed E-state index contributed by atoms with van der Waals surface area (Å²) in [6.45, 7) is 7.28. The maximum absolute atomic E-state index is 4.90. The molecule has 0 aromatic heterocycles. The lowest BCUT2D eigenvalue weighted by Gasteiger charge is -2.09. The molecule has 0 radical (unpaired) electrons. The molecular formula is C7H16ClNO. The van der Waals surface area contributed by atoms with Crippen molar-refractivity contribution in [2.75, 3.05) is 20.3 Å². The Morgan fingerprint density at radius 1 is 1.70 bits per heavy atom. The molecule has 0 fully saturated rings. The highest BCUT2D eigenvalue weighted by molar-refractivity contribution is 5.85. The number of rotatable bonds is 5. The molecule has 0 saturated carbocycles. The summed E-state index contributed by atoms with van der Waals surface area (Å²) in [5.74, 6) is 0. The summed E-state index contributed by atoms with van der Waals surface area (Å²) in [7, 11) is 1.70. The fraction of sp³-hybridized carbons (Fsp3) is 0.714. The molecule has 0 heterocycles. The summed E-state index contributed by atoms with van der Waals surface area (Å²) in [6.07, 6.45) is 1.84. The van der Waals surface area contributed by atoms with Crippen LogP contribution in [0.3, 0.4) is 0 Å². The maximum Gasteiger partial charge on any atom is 0.0613 e. The molecule has 1 N–H and O–H groups in total. The highest BCUT2D eigenvalue weighted by atomic mass is 35.5. The topological polar surface area (TPSA) is 21.3 Å².